The van der Waals surface area contributed by atoms with Gasteiger partial charge in [0.2, 0.25) is 0 Å². The maximum absolute atomic E-state index is 12.8. The fraction of sp³-hybridized carbons (Fsp3) is 0.562. The van der Waals surface area contributed by atoms with Gasteiger partial charge in [0.1, 0.15) is 5.92 Å². The Bertz CT molecular complexity index is 616. The maximum Gasteiger partial charge on any atom is 0.154 e. The molecule has 2 bridgehead atoms. The molecule has 110 valence electrons. The number of aryl methyl sites for hydroxylation is 1. The second-order valence-corrected chi connectivity index (χ2v) is 6.99. The van der Waals surface area contributed by atoms with E-state index in [0.29, 0.717) is 0 Å². The molecule has 0 spiro atoms. The predicted molar refractivity (Wildman–Crippen MR) is 78.4 cm³/mol. The first-order valence-corrected chi connectivity index (χ1v) is 8.57. The number of hydrogen-bond donors (Lipinski definition) is 0. The van der Waals surface area contributed by atoms with Gasteiger partial charge in [0.25, 0.3) is 0 Å². The summed E-state index contributed by atoms with van der Waals surface area (Å²) in [6, 6.07) is 1.91. The molecule has 4 rings (SSSR count). The van der Waals surface area contributed by atoms with Crippen LogP contribution in [-0.2, 0) is 14.3 Å². The third-order valence-electron chi connectivity index (χ3n) is 5.14. The van der Waals surface area contributed by atoms with E-state index in [-0.39, 0.29) is 35.6 Å². The van der Waals surface area contributed by atoms with Crippen molar-refractivity contribution in [2.24, 2.45) is 11.8 Å². The van der Waals surface area contributed by atoms with Crippen molar-refractivity contribution in [2.45, 2.75) is 42.9 Å². The molecule has 0 amide bonds. The number of aromatic nitrogens is 1. The lowest BCUT2D eigenvalue weighted by Gasteiger charge is -2.16. The lowest BCUT2D eigenvalue weighted by atomic mass is 9.81. The van der Waals surface area contributed by atoms with E-state index in [9.17, 15) is 9.59 Å². The molecule has 1 aromatic heterocycles. The normalized spacial score (nSPS) is 37.3. The number of ketones is 2. The third-order valence-corrected chi connectivity index (χ3v) is 5.78. The predicted octanol–water partition coefficient (Wildman–Crippen LogP) is 2.14. The highest BCUT2D eigenvalue weighted by molar-refractivity contribution is 7.98. The molecule has 2 saturated heterocycles. The summed E-state index contributed by atoms with van der Waals surface area (Å²) >= 11 is 1.53. The second-order valence-electron chi connectivity index (χ2n) is 6.16. The summed E-state index contributed by atoms with van der Waals surface area (Å²) < 4.78 is 5.78. The van der Waals surface area contributed by atoms with E-state index in [1.165, 1.54) is 11.8 Å². The lowest BCUT2D eigenvalue weighted by molar-refractivity contribution is -0.127. The minimum absolute atomic E-state index is 0.0244. The van der Waals surface area contributed by atoms with E-state index in [2.05, 4.69) is 4.98 Å². The Balaban J connectivity index is 1.77. The van der Waals surface area contributed by atoms with E-state index in [0.717, 1.165) is 29.0 Å². The first kappa shape index (κ1) is 13.5. The van der Waals surface area contributed by atoms with E-state index in [1.54, 1.807) is 6.20 Å². The quantitative estimate of drug-likeness (QED) is 0.619. The van der Waals surface area contributed by atoms with E-state index in [1.807, 2.05) is 19.2 Å². The highest BCUT2D eigenvalue weighted by atomic mass is 32.2. The molecule has 3 aliphatic rings. The molecular formula is C16H17NO3S. The van der Waals surface area contributed by atoms with Crippen LogP contribution in [0.25, 0.3) is 0 Å². The molecule has 3 heterocycles. The van der Waals surface area contributed by atoms with Gasteiger partial charge in [-0.3, -0.25) is 9.59 Å². The molecule has 4 atom stereocenters. The van der Waals surface area contributed by atoms with Crippen LogP contribution in [0.5, 0.6) is 0 Å². The molecule has 21 heavy (non-hydrogen) atoms. The van der Waals surface area contributed by atoms with Crippen LogP contribution in [0.2, 0.25) is 0 Å². The monoisotopic (exact) mass is 303 g/mol. The summed E-state index contributed by atoms with van der Waals surface area (Å²) in [5.41, 5.74) is 1.77. The zero-order valence-corrected chi connectivity index (χ0v) is 12.9. The summed E-state index contributed by atoms with van der Waals surface area (Å²) in [6.07, 6.45) is 5.50. The van der Waals surface area contributed by atoms with Gasteiger partial charge >= 0.3 is 0 Å². The van der Waals surface area contributed by atoms with Gasteiger partial charge in [-0.05, 0) is 43.2 Å². The largest absolute Gasteiger partial charge is 0.373 e. The van der Waals surface area contributed by atoms with Crippen LogP contribution in [0.3, 0.4) is 0 Å². The Hall–Kier alpha value is -1.20. The molecule has 4 nitrogen and oxygen atoms in total. The Kier molecular flexibility index (Phi) is 2.98. The molecule has 0 N–H and O–H groups in total. The average molecular weight is 303 g/mol. The Labute approximate surface area is 127 Å². The number of carbonyl (C=O) groups excluding carboxylic acids is 2. The molecule has 1 aromatic rings. The first-order valence-electron chi connectivity index (χ1n) is 7.35. The fourth-order valence-corrected chi connectivity index (χ4v) is 4.58. The molecule has 0 radical (unpaired) electrons. The molecule has 3 fully saturated rings. The van der Waals surface area contributed by atoms with Gasteiger partial charge in [-0.1, -0.05) is 0 Å². The molecular weight excluding hydrogens is 286 g/mol. The number of rotatable bonds is 2. The number of fused-ring (bicyclic) bond motifs is 5. The van der Waals surface area contributed by atoms with Crippen LogP contribution < -0.4 is 0 Å². The summed E-state index contributed by atoms with van der Waals surface area (Å²) in [5, 5.41) is 0.854. The van der Waals surface area contributed by atoms with Crippen LogP contribution in [0.1, 0.15) is 29.9 Å². The van der Waals surface area contributed by atoms with Crippen molar-refractivity contribution in [3.63, 3.8) is 0 Å². The minimum Gasteiger partial charge on any atom is -0.373 e. The zero-order chi connectivity index (χ0) is 14.7. The van der Waals surface area contributed by atoms with Crippen molar-refractivity contribution in [3.05, 3.63) is 23.4 Å². The summed E-state index contributed by atoms with van der Waals surface area (Å²) in [5.74, 6) is -0.865. The number of carbonyl (C=O) groups is 2. The first-order chi connectivity index (χ1) is 10.1. The average Bonchev–Trinajstić information content (AvgIpc) is 3.15. The number of pyridine rings is 1. The number of thioether (sulfide) groups is 1. The van der Waals surface area contributed by atoms with E-state index >= 15 is 0 Å². The van der Waals surface area contributed by atoms with Crippen molar-refractivity contribution in [1.82, 2.24) is 4.98 Å². The summed E-state index contributed by atoms with van der Waals surface area (Å²) in [4.78, 5) is 29.9. The van der Waals surface area contributed by atoms with Gasteiger partial charge in [-0.2, -0.15) is 0 Å². The second kappa shape index (κ2) is 4.65. The smallest absolute Gasteiger partial charge is 0.154 e. The highest BCUT2D eigenvalue weighted by Gasteiger charge is 2.63. The van der Waals surface area contributed by atoms with E-state index < -0.39 is 5.92 Å². The number of Topliss-reactive ketones (excluding diaryl/α,β-unsaturated/α-hetero) is 2. The van der Waals surface area contributed by atoms with Gasteiger partial charge in [-0.25, -0.2) is 4.98 Å². The van der Waals surface area contributed by atoms with Crippen LogP contribution in [0, 0.1) is 18.8 Å². The summed E-state index contributed by atoms with van der Waals surface area (Å²) in [7, 11) is 0. The molecule has 0 aromatic carbocycles. The van der Waals surface area contributed by atoms with Crippen molar-refractivity contribution >= 4 is 23.3 Å². The highest BCUT2D eigenvalue weighted by Crippen LogP contribution is 2.52. The SMILES string of the molecule is CSc1cc(C2C(=O)C3C4CCC(O4)C3C2=O)c(C)cn1. The number of nitrogens with zero attached hydrogens (tertiary/aromatic N) is 1. The third kappa shape index (κ3) is 1.77. The van der Waals surface area contributed by atoms with Gasteiger partial charge in [0.15, 0.2) is 11.6 Å². The van der Waals surface area contributed by atoms with Crippen LogP contribution >= 0.6 is 11.8 Å². The molecule has 1 saturated carbocycles. The molecule has 1 aliphatic carbocycles. The van der Waals surface area contributed by atoms with Crippen molar-refractivity contribution in [1.29, 1.82) is 0 Å². The fourth-order valence-electron chi connectivity index (χ4n) is 4.17. The van der Waals surface area contributed by atoms with Crippen LogP contribution in [-0.4, -0.2) is 35.0 Å². The van der Waals surface area contributed by atoms with E-state index in [4.69, 9.17) is 4.74 Å². The van der Waals surface area contributed by atoms with Gasteiger partial charge in [-0.15, -0.1) is 11.8 Å². The van der Waals surface area contributed by atoms with Gasteiger partial charge < -0.3 is 4.74 Å². The topological polar surface area (TPSA) is 56.3 Å². The lowest BCUT2D eigenvalue weighted by Crippen LogP contribution is -2.29. The van der Waals surface area contributed by atoms with Crippen molar-refractivity contribution in [3.8, 4) is 0 Å². The Morgan fingerprint density at radius 3 is 2.38 bits per heavy atom. The maximum atomic E-state index is 12.8. The minimum atomic E-state index is -0.596. The summed E-state index contributed by atoms with van der Waals surface area (Å²) in [6.45, 7) is 1.92. The van der Waals surface area contributed by atoms with Gasteiger partial charge in [0, 0.05) is 6.20 Å². The van der Waals surface area contributed by atoms with Gasteiger partial charge in [0.05, 0.1) is 29.1 Å². The Morgan fingerprint density at radius 1 is 1.19 bits per heavy atom. The standard InChI is InChI=1S/C16H17NO3S/c1-7-6-17-11(21-2)5-8(7)12-15(18)13-9-3-4-10(20-9)14(13)16(12)19/h5-6,9-10,12-14H,3-4H2,1-2H3. The number of hydrogen-bond acceptors (Lipinski definition) is 5. The van der Waals surface area contributed by atoms with Crippen LogP contribution in [0.4, 0.5) is 0 Å². The molecule has 5 heteroatoms. The Morgan fingerprint density at radius 2 is 1.81 bits per heavy atom. The zero-order valence-electron chi connectivity index (χ0n) is 12.0. The van der Waals surface area contributed by atoms with Crippen LogP contribution in [0.15, 0.2) is 17.3 Å². The molecule has 2 aliphatic heterocycles. The van der Waals surface area contributed by atoms with Crippen molar-refractivity contribution in [2.75, 3.05) is 6.26 Å². The number of ether oxygens (including phenoxy) is 1. The van der Waals surface area contributed by atoms with Crippen molar-refractivity contribution < 1.29 is 14.3 Å². The molecule has 4 unspecified atom stereocenters.